The lowest BCUT2D eigenvalue weighted by Crippen LogP contribution is -2.47. The molecule has 1 saturated heterocycles. The second-order valence-corrected chi connectivity index (χ2v) is 10.4. The standard InChI is InChI=1S/C29H34N8O3/c1-38-26-17-21(2-5-25(26)36-11-9-35(10-12-36)13-15-39-22-3-4-22)33-27-28-31-6-8-37(28)19-24(34-27)20-16-23-29(32-18-20)40-14-7-30-23/h2,5-6,8,16-19,22,30H,3-4,7,9-15H2,1H3,(H,33,34). The van der Waals surface area contributed by atoms with Crippen molar-refractivity contribution in [1.82, 2.24) is 24.3 Å². The molecule has 11 nitrogen and oxygen atoms in total. The number of methoxy groups -OCH3 is 1. The number of aromatic nitrogens is 4. The maximum atomic E-state index is 5.84. The molecule has 5 heterocycles. The summed E-state index contributed by atoms with van der Waals surface area (Å²) in [5.74, 6) is 2.10. The van der Waals surface area contributed by atoms with E-state index in [0.717, 1.165) is 85.6 Å². The number of fused-ring (bicyclic) bond motifs is 2. The van der Waals surface area contributed by atoms with E-state index in [1.54, 1.807) is 19.5 Å². The van der Waals surface area contributed by atoms with Crippen LogP contribution in [0.5, 0.6) is 11.6 Å². The van der Waals surface area contributed by atoms with Gasteiger partial charge < -0.3 is 34.1 Å². The lowest BCUT2D eigenvalue weighted by molar-refractivity contribution is 0.0899. The van der Waals surface area contributed by atoms with Gasteiger partial charge in [-0.15, -0.1) is 0 Å². The van der Waals surface area contributed by atoms with Gasteiger partial charge in [-0.1, -0.05) is 0 Å². The van der Waals surface area contributed by atoms with E-state index in [4.69, 9.17) is 19.2 Å². The predicted molar refractivity (Wildman–Crippen MR) is 154 cm³/mol. The number of pyridine rings is 1. The van der Waals surface area contributed by atoms with Gasteiger partial charge in [-0.25, -0.2) is 15.0 Å². The van der Waals surface area contributed by atoms with Crippen molar-refractivity contribution in [2.75, 3.05) is 75.1 Å². The topological polar surface area (TPSA) is 101 Å². The molecule has 11 heteroatoms. The highest BCUT2D eigenvalue weighted by Gasteiger charge is 2.24. The Bertz CT molecular complexity index is 1500. The fraction of sp³-hybridized carbons (Fsp3) is 0.414. The minimum absolute atomic E-state index is 0.521. The number of anilines is 4. The van der Waals surface area contributed by atoms with Crippen LogP contribution in [-0.4, -0.2) is 89.9 Å². The molecule has 40 heavy (non-hydrogen) atoms. The monoisotopic (exact) mass is 542 g/mol. The van der Waals surface area contributed by atoms with Gasteiger partial charge in [0.05, 0.1) is 36.9 Å². The van der Waals surface area contributed by atoms with Crippen LogP contribution in [0.4, 0.5) is 22.9 Å². The van der Waals surface area contributed by atoms with E-state index in [1.165, 1.54) is 12.8 Å². The van der Waals surface area contributed by atoms with E-state index in [1.807, 2.05) is 28.9 Å². The van der Waals surface area contributed by atoms with E-state index in [-0.39, 0.29) is 0 Å². The van der Waals surface area contributed by atoms with E-state index in [0.29, 0.717) is 24.4 Å². The minimum atomic E-state index is 0.521. The van der Waals surface area contributed by atoms with Crippen LogP contribution in [-0.2, 0) is 4.74 Å². The molecular weight excluding hydrogens is 508 g/mol. The number of imidazole rings is 1. The number of nitrogens with zero attached hydrogens (tertiary/aromatic N) is 6. The third-order valence-corrected chi connectivity index (χ3v) is 7.62. The van der Waals surface area contributed by atoms with Crippen molar-refractivity contribution in [2.24, 2.45) is 0 Å². The Morgan fingerprint density at radius 3 is 2.88 bits per heavy atom. The molecule has 0 amide bonds. The quantitative estimate of drug-likeness (QED) is 0.326. The molecule has 0 atom stereocenters. The summed E-state index contributed by atoms with van der Waals surface area (Å²) >= 11 is 0. The highest BCUT2D eigenvalue weighted by molar-refractivity contribution is 5.77. The normalized spacial score (nSPS) is 17.3. The molecule has 0 spiro atoms. The van der Waals surface area contributed by atoms with Gasteiger partial charge in [0.2, 0.25) is 5.88 Å². The number of ether oxygens (including phenoxy) is 3. The van der Waals surface area contributed by atoms with Gasteiger partial charge in [0.15, 0.2) is 11.5 Å². The van der Waals surface area contributed by atoms with Gasteiger partial charge in [0.1, 0.15) is 12.4 Å². The van der Waals surface area contributed by atoms with Crippen LogP contribution < -0.4 is 25.0 Å². The van der Waals surface area contributed by atoms with E-state index >= 15 is 0 Å². The van der Waals surface area contributed by atoms with Crippen molar-refractivity contribution in [2.45, 2.75) is 18.9 Å². The van der Waals surface area contributed by atoms with Crippen LogP contribution in [0.15, 0.2) is 49.1 Å². The number of rotatable bonds is 9. The molecule has 1 aliphatic carbocycles. The zero-order chi connectivity index (χ0) is 26.9. The van der Waals surface area contributed by atoms with Crippen LogP contribution in [0.2, 0.25) is 0 Å². The fourth-order valence-electron chi connectivity index (χ4n) is 5.27. The second kappa shape index (κ2) is 10.8. The lowest BCUT2D eigenvalue weighted by atomic mass is 10.2. The molecule has 3 aromatic heterocycles. The number of hydrogen-bond donors (Lipinski definition) is 2. The molecule has 0 bridgehead atoms. The zero-order valence-corrected chi connectivity index (χ0v) is 22.7. The minimum Gasteiger partial charge on any atom is -0.495 e. The first-order valence-electron chi connectivity index (χ1n) is 14.0. The van der Waals surface area contributed by atoms with Gasteiger partial charge >= 0.3 is 0 Å². The SMILES string of the molecule is COc1cc(Nc2nc(-c3cnc4c(c3)NCCO4)cn3ccnc23)ccc1N1CCN(CCOC2CC2)CC1. The summed E-state index contributed by atoms with van der Waals surface area (Å²) < 4.78 is 19.3. The van der Waals surface area contributed by atoms with Crippen LogP contribution in [0.3, 0.4) is 0 Å². The fourth-order valence-corrected chi connectivity index (χ4v) is 5.27. The third kappa shape index (κ3) is 5.22. The highest BCUT2D eigenvalue weighted by atomic mass is 16.5. The molecule has 2 fully saturated rings. The molecule has 1 saturated carbocycles. The van der Waals surface area contributed by atoms with Crippen molar-refractivity contribution in [3.63, 3.8) is 0 Å². The van der Waals surface area contributed by atoms with Crippen LogP contribution >= 0.6 is 0 Å². The average molecular weight is 543 g/mol. The summed E-state index contributed by atoms with van der Waals surface area (Å²) in [6.45, 7) is 7.16. The average Bonchev–Trinajstić information content (AvgIpc) is 3.70. The molecule has 0 unspecified atom stereocenters. The van der Waals surface area contributed by atoms with Gasteiger partial charge in [0, 0.05) is 81.4 Å². The van der Waals surface area contributed by atoms with E-state index < -0.39 is 0 Å². The van der Waals surface area contributed by atoms with Crippen LogP contribution in [0, 0.1) is 0 Å². The first kappa shape index (κ1) is 24.9. The summed E-state index contributed by atoms with van der Waals surface area (Å²) in [5, 5.41) is 6.82. The Labute approximate surface area is 233 Å². The smallest absolute Gasteiger partial charge is 0.237 e. The predicted octanol–water partition coefficient (Wildman–Crippen LogP) is 3.65. The molecule has 1 aromatic carbocycles. The van der Waals surface area contributed by atoms with E-state index in [9.17, 15) is 0 Å². The first-order valence-corrected chi connectivity index (χ1v) is 14.0. The van der Waals surface area contributed by atoms with Crippen molar-refractivity contribution >= 4 is 28.5 Å². The Hall–Kier alpha value is -4.09. The molecular formula is C29H34N8O3. The van der Waals surface area contributed by atoms with E-state index in [2.05, 4.69) is 42.5 Å². The zero-order valence-electron chi connectivity index (χ0n) is 22.7. The maximum absolute atomic E-state index is 5.84. The Kier molecular flexibility index (Phi) is 6.74. The third-order valence-electron chi connectivity index (χ3n) is 7.62. The van der Waals surface area contributed by atoms with Gasteiger partial charge in [-0.05, 0) is 31.0 Å². The Morgan fingerprint density at radius 1 is 1.12 bits per heavy atom. The summed E-state index contributed by atoms with van der Waals surface area (Å²) in [6.07, 6.45) is 10.4. The molecule has 0 radical (unpaired) electrons. The number of piperazine rings is 1. The first-order chi connectivity index (χ1) is 19.7. The second-order valence-electron chi connectivity index (χ2n) is 10.4. The van der Waals surface area contributed by atoms with Crippen molar-refractivity contribution in [1.29, 1.82) is 0 Å². The largest absolute Gasteiger partial charge is 0.495 e. The summed E-state index contributed by atoms with van der Waals surface area (Å²) in [4.78, 5) is 18.8. The Morgan fingerprint density at radius 2 is 2.02 bits per heavy atom. The summed E-state index contributed by atoms with van der Waals surface area (Å²) in [7, 11) is 1.72. The number of nitrogens with one attached hydrogen (secondary N) is 2. The van der Waals surface area contributed by atoms with Gasteiger partial charge in [0.25, 0.3) is 0 Å². The summed E-state index contributed by atoms with van der Waals surface area (Å²) in [5.41, 5.74) is 5.26. The molecule has 4 aromatic rings. The van der Waals surface area contributed by atoms with Crippen molar-refractivity contribution < 1.29 is 14.2 Å². The molecule has 208 valence electrons. The molecule has 2 N–H and O–H groups in total. The molecule has 3 aliphatic rings. The summed E-state index contributed by atoms with van der Waals surface area (Å²) in [6, 6.07) is 8.25. The maximum Gasteiger partial charge on any atom is 0.237 e. The lowest BCUT2D eigenvalue weighted by Gasteiger charge is -2.36. The number of hydrogen-bond acceptors (Lipinski definition) is 10. The van der Waals surface area contributed by atoms with Crippen molar-refractivity contribution in [3.8, 4) is 22.9 Å². The molecule has 7 rings (SSSR count). The van der Waals surface area contributed by atoms with Crippen LogP contribution in [0.25, 0.3) is 16.9 Å². The Balaban J connectivity index is 1.09. The van der Waals surface area contributed by atoms with Crippen molar-refractivity contribution in [3.05, 3.63) is 49.1 Å². The highest BCUT2D eigenvalue weighted by Crippen LogP contribution is 2.35. The van der Waals surface area contributed by atoms with Gasteiger partial charge in [-0.2, -0.15) is 0 Å². The molecule has 2 aliphatic heterocycles. The van der Waals surface area contributed by atoms with Crippen LogP contribution in [0.1, 0.15) is 12.8 Å². The number of benzene rings is 1. The van der Waals surface area contributed by atoms with Gasteiger partial charge in [-0.3, -0.25) is 4.90 Å².